The molecule has 3 rings (SSSR count). The Labute approximate surface area is 167 Å². The molecule has 0 radical (unpaired) electrons. The third-order valence-corrected chi connectivity index (χ3v) is 7.40. The highest BCUT2D eigenvalue weighted by atomic mass is 32.2. The van der Waals surface area contributed by atoms with E-state index in [1.807, 2.05) is 29.2 Å². The number of amides is 2. The lowest BCUT2D eigenvalue weighted by atomic mass is 9.98. The maximum Gasteiger partial charge on any atom is 0.224 e. The van der Waals surface area contributed by atoms with Crippen molar-refractivity contribution in [2.45, 2.75) is 45.7 Å². The first-order valence-corrected chi connectivity index (χ1v) is 11.6. The maximum absolute atomic E-state index is 12.5. The zero-order valence-electron chi connectivity index (χ0n) is 16.4. The van der Waals surface area contributed by atoms with Crippen LogP contribution >= 0.6 is 0 Å². The maximum atomic E-state index is 12.5. The van der Waals surface area contributed by atoms with Crippen molar-refractivity contribution in [1.29, 1.82) is 0 Å². The molecule has 0 aliphatic carbocycles. The van der Waals surface area contributed by atoms with Crippen LogP contribution in [0.15, 0.2) is 24.3 Å². The molecule has 1 unspecified atom stereocenters. The summed E-state index contributed by atoms with van der Waals surface area (Å²) in [4.78, 5) is 26.1. The number of carbonyl (C=O) groups excluding carboxylic acids is 2. The van der Waals surface area contributed by atoms with Crippen molar-refractivity contribution in [3.63, 3.8) is 0 Å². The largest absolute Gasteiger partial charge is 0.352 e. The Morgan fingerprint density at radius 1 is 1.14 bits per heavy atom. The molecule has 2 heterocycles. The number of piperidine rings is 1. The molecule has 2 aliphatic rings. The molecular weight excluding hydrogens is 378 g/mol. The summed E-state index contributed by atoms with van der Waals surface area (Å²) in [6.45, 7) is 4.27. The summed E-state index contributed by atoms with van der Waals surface area (Å²) in [5.74, 6) is -0.113. The van der Waals surface area contributed by atoms with Gasteiger partial charge in [-0.25, -0.2) is 12.7 Å². The van der Waals surface area contributed by atoms with Crippen LogP contribution in [0.3, 0.4) is 0 Å². The van der Waals surface area contributed by atoms with Crippen molar-refractivity contribution in [3.8, 4) is 0 Å². The highest BCUT2D eigenvalue weighted by Crippen LogP contribution is 2.20. The fraction of sp³-hybridized carbons (Fsp3) is 0.600. The SMILES string of the molecule is CCS(=O)(=O)N1CCCC(C(=O)NCc2ccc(CN3CCCC3=O)cc2)C1. The van der Waals surface area contributed by atoms with Gasteiger partial charge in [-0.2, -0.15) is 0 Å². The predicted octanol–water partition coefficient (Wildman–Crippen LogP) is 1.49. The van der Waals surface area contributed by atoms with E-state index in [0.717, 1.165) is 24.1 Å². The molecular formula is C20H29N3O4S. The molecule has 0 spiro atoms. The molecule has 0 aromatic heterocycles. The van der Waals surface area contributed by atoms with Crippen LogP contribution in [0.25, 0.3) is 0 Å². The molecule has 2 aliphatic heterocycles. The topological polar surface area (TPSA) is 86.8 Å². The molecule has 1 aromatic rings. The van der Waals surface area contributed by atoms with Gasteiger partial charge in [0, 0.05) is 39.1 Å². The lowest BCUT2D eigenvalue weighted by Gasteiger charge is -2.30. The molecule has 28 heavy (non-hydrogen) atoms. The number of carbonyl (C=O) groups is 2. The number of hydrogen-bond donors (Lipinski definition) is 1. The van der Waals surface area contributed by atoms with E-state index in [0.29, 0.717) is 38.9 Å². The first-order chi connectivity index (χ1) is 13.4. The predicted molar refractivity (Wildman–Crippen MR) is 107 cm³/mol. The fourth-order valence-electron chi connectivity index (χ4n) is 3.78. The van der Waals surface area contributed by atoms with Crippen molar-refractivity contribution in [2.75, 3.05) is 25.4 Å². The van der Waals surface area contributed by atoms with E-state index in [1.54, 1.807) is 6.92 Å². The normalized spacial score (nSPS) is 21.1. The van der Waals surface area contributed by atoms with Crippen molar-refractivity contribution in [1.82, 2.24) is 14.5 Å². The molecule has 1 aromatic carbocycles. The summed E-state index contributed by atoms with van der Waals surface area (Å²) < 4.78 is 25.5. The van der Waals surface area contributed by atoms with Gasteiger partial charge in [-0.15, -0.1) is 0 Å². The zero-order valence-corrected chi connectivity index (χ0v) is 17.2. The second kappa shape index (κ2) is 9.05. The van der Waals surface area contributed by atoms with Gasteiger partial charge in [-0.1, -0.05) is 24.3 Å². The van der Waals surface area contributed by atoms with Gasteiger partial charge in [0.15, 0.2) is 0 Å². The van der Waals surface area contributed by atoms with Crippen LogP contribution in [-0.2, 0) is 32.7 Å². The molecule has 2 fully saturated rings. The van der Waals surface area contributed by atoms with Gasteiger partial charge in [0.25, 0.3) is 0 Å². The second-order valence-corrected chi connectivity index (χ2v) is 9.81. The number of hydrogen-bond acceptors (Lipinski definition) is 4. The first kappa shape index (κ1) is 20.8. The third kappa shape index (κ3) is 5.11. The van der Waals surface area contributed by atoms with E-state index >= 15 is 0 Å². The van der Waals surface area contributed by atoms with Crippen LogP contribution in [0.4, 0.5) is 0 Å². The summed E-state index contributed by atoms with van der Waals surface area (Å²) in [6, 6.07) is 7.91. The van der Waals surface area contributed by atoms with Crippen molar-refractivity contribution in [3.05, 3.63) is 35.4 Å². The quantitative estimate of drug-likeness (QED) is 0.742. The number of likely N-dealkylation sites (tertiary alicyclic amines) is 1. The summed E-state index contributed by atoms with van der Waals surface area (Å²) in [7, 11) is -3.25. The zero-order chi connectivity index (χ0) is 20.1. The molecule has 0 bridgehead atoms. The lowest BCUT2D eigenvalue weighted by molar-refractivity contribution is -0.128. The Balaban J connectivity index is 1.49. The molecule has 0 saturated carbocycles. The van der Waals surface area contributed by atoms with E-state index in [1.165, 1.54) is 4.31 Å². The summed E-state index contributed by atoms with van der Waals surface area (Å²) >= 11 is 0. The highest BCUT2D eigenvalue weighted by Gasteiger charge is 2.31. The van der Waals surface area contributed by atoms with Crippen molar-refractivity contribution >= 4 is 21.8 Å². The monoisotopic (exact) mass is 407 g/mol. The van der Waals surface area contributed by atoms with Gasteiger partial charge in [-0.3, -0.25) is 9.59 Å². The van der Waals surface area contributed by atoms with E-state index in [2.05, 4.69) is 5.32 Å². The van der Waals surface area contributed by atoms with E-state index in [-0.39, 0.29) is 30.0 Å². The molecule has 1 atom stereocenters. The number of rotatable bonds is 7. The van der Waals surface area contributed by atoms with E-state index < -0.39 is 10.0 Å². The van der Waals surface area contributed by atoms with Crippen LogP contribution in [0.2, 0.25) is 0 Å². The van der Waals surface area contributed by atoms with Crippen LogP contribution in [0, 0.1) is 5.92 Å². The molecule has 154 valence electrons. The number of benzene rings is 1. The lowest BCUT2D eigenvalue weighted by Crippen LogP contribution is -2.45. The Morgan fingerprint density at radius 2 is 1.86 bits per heavy atom. The number of nitrogens with one attached hydrogen (secondary N) is 1. The number of nitrogens with zero attached hydrogens (tertiary/aromatic N) is 2. The van der Waals surface area contributed by atoms with Gasteiger partial charge >= 0.3 is 0 Å². The second-order valence-electron chi connectivity index (χ2n) is 7.55. The Hall–Kier alpha value is -1.93. The smallest absolute Gasteiger partial charge is 0.224 e. The average molecular weight is 408 g/mol. The molecule has 2 amide bonds. The fourth-order valence-corrected chi connectivity index (χ4v) is 4.96. The minimum Gasteiger partial charge on any atom is -0.352 e. The molecule has 2 saturated heterocycles. The van der Waals surface area contributed by atoms with Crippen LogP contribution in [0.1, 0.15) is 43.7 Å². The van der Waals surface area contributed by atoms with E-state index in [9.17, 15) is 18.0 Å². The molecule has 7 nitrogen and oxygen atoms in total. The highest BCUT2D eigenvalue weighted by molar-refractivity contribution is 7.89. The third-order valence-electron chi connectivity index (χ3n) is 5.55. The minimum atomic E-state index is -3.25. The van der Waals surface area contributed by atoms with Crippen LogP contribution in [0.5, 0.6) is 0 Å². The summed E-state index contributed by atoms with van der Waals surface area (Å²) in [6.07, 6.45) is 3.00. The average Bonchev–Trinajstić information content (AvgIpc) is 3.11. The van der Waals surface area contributed by atoms with Gasteiger partial charge in [0.1, 0.15) is 0 Å². The van der Waals surface area contributed by atoms with Crippen LogP contribution in [-0.4, -0.2) is 54.8 Å². The summed E-state index contributed by atoms with van der Waals surface area (Å²) in [5, 5.41) is 2.93. The van der Waals surface area contributed by atoms with Gasteiger partial charge in [0.05, 0.1) is 11.7 Å². The molecule has 1 N–H and O–H groups in total. The van der Waals surface area contributed by atoms with Crippen LogP contribution < -0.4 is 5.32 Å². The van der Waals surface area contributed by atoms with E-state index in [4.69, 9.17) is 0 Å². The van der Waals surface area contributed by atoms with Gasteiger partial charge in [0.2, 0.25) is 21.8 Å². The molecule has 8 heteroatoms. The van der Waals surface area contributed by atoms with Crippen molar-refractivity contribution in [2.24, 2.45) is 5.92 Å². The number of sulfonamides is 1. The Kier molecular flexibility index (Phi) is 6.72. The Bertz CT molecular complexity index is 807. The van der Waals surface area contributed by atoms with Crippen molar-refractivity contribution < 1.29 is 18.0 Å². The summed E-state index contributed by atoms with van der Waals surface area (Å²) in [5.41, 5.74) is 2.07. The Morgan fingerprint density at radius 3 is 2.50 bits per heavy atom. The minimum absolute atomic E-state index is 0.0662. The standard InChI is InChI=1S/C20H29N3O4S/c1-2-28(26,27)23-12-3-5-18(15-23)20(25)21-13-16-7-9-17(10-8-16)14-22-11-4-6-19(22)24/h7-10,18H,2-6,11-15H2,1H3,(H,21,25). The first-order valence-electron chi connectivity index (χ1n) is 10.00. The van der Waals surface area contributed by atoms with Gasteiger partial charge in [-0.05, 0) is 37.3 Å². The van der Waals surface area contributed by atoms with Gasteiger partial charge < -0.3 is 10.2 Å².